The fourth-order valence-corrected chi connectivity index (χ4v) is 2.61. The van der Waals surface area contributed by atoms with Gasteiger partial charge in [0.2, 0.25) is 0 Å². The van der Waals surface area contributed by atoms with Crippen LogP contribution in [0.1, 0.15) is 29.7 Å². The van der Waals surface area contributed by atoms with E-state index in [-0.39, 0.29) is 0 Å². The van der Waals surface area contributed by atoms with Crippen molar-refractivity contribution in [1.29, 1.82) is 0 Å². The summed E-state index contributed by atoms with van der Waals surface area (Å²) in [5, 5.41) is 5.46. The number of nitrogens with one attached hydrogen (secondary N) is 1. The van der Waals surface area contributed by atoms with Gasteiger partial charge in [-0.15, -0.1) is 0 Å². The first-order valence-electron chi connectivity index (χ1n) is 5.48. The molecule has 0 saturated carbocycles. The largest absolute Gasteiger partial charge is 0.306 e. The van der Waals surface area contributed by atoms with Gasteiger partial charge < -0.3 is 5.32 Å². The zero-order valence-electron chi connectivity index (χ0n) is 9.34. The van der Waals surface area contributed by atoms with Gasteiger partial charge in [0.25, 0.3) is 0 Å². The van der Waals surface area contributed by atoms with E-state index in [9.17, 15) is 0 Å². The second-order valence-electron chi connectivity index (χ2n) is 4.37. The number of rotatable bonds is 0. The third-order valence-electron chi connectivity index (χ3n) is 3.38. The van der Waals surface area contributed by atoms with Crippen LogP contribution in [0.25, 0.3) is 10.9 Å². The lowest BCUT2D eigenvalue weighted by Gasteiger charge is -2.10. The Kier molecular flexibility index (Phi) is 2.16. The molecule has 1 aliphatic rings. The van der Waals surface area contributed by atoms with Gasteiger partial charge in [0.05, 0.1) is 5.52 Å². The van der Waals surface area contributed by atoms with Crippen LogP contribution in [0.2, 0.25) is 5.02 Å². The smallest absolute Gasteiger partial charge is 0.0749 e. The highest BCUT2D eigenvalue weighted by Crippen LogP contribution is 2.34. The Balaban J connectivity index is 2.42. The van der Waals surface area contributed by atoms with Gasteiger partial charge in [-0.2, -0.15) is 0 Å². The molecule has 1 N–H and O–H groups in total. The average molecular weight is 233 g/mol. The van der Waals surface area contributed by atoms with Crippen LogP contribution < -0.4 is 5.32 Å². The lowest BCUT2D eigenvalue weighted by atomic mass is 10.00. The fourth-order valence-electron chi connectivity index (χ4n) is 2.46. The second-order valence-corrected chi connectivity index (χ2v) is 4.78. The van der Waals surface area contributed by atoms with Crippen molar-refractivity contribution in [2.24, 2.45) is 0 Å². The first-order valence-corrected chi connectivity index (χ1v) is 5.86. The molecule has 0 unspecified atom stereocenters. The van der Waals surface area contributed by atoms with Crippen molar-refractivity contribution in [3.8, 4) is 0 Å². The second kappa shape index (κ2) is 3.44. The molecule has 1 aliphatic heterocycles. The van der Waals surface area contributed by atoms with Crippen LogP contribution in [0, 0.1) is 6.92 Å². The third-order valence-corrected chi connectivity index (χ3v) is 3.79. The third kappa shape index (κ3) is 1.27. The highest BCUT2D eigenvalue weighted by molar-refractivity contribution is 6.32. The number of pyridine rings is 1. The zero-order chi connectivity index (χ0) is 11.3. The van der Waals surface area contributed by atoms with Crippen molar-refractivity contribution in [2.45, 2.75) is 26.4 Å². The predicted molar refractivity (Wildman–Crippen MR) is 66.7 cm³/mol. The lowest BCUT2D eigenvalue weighted by molar-refractivity contribution is 0.636. The van der Waals surface area contributed by atoms with Crippen LogP contribution in [-0.4, -0.2) is 4.98 Å². The summed E-state index contributed by atoms with van der Waals surface area (Å²) in [7, 11) is 0. The first kappa shape index (κ1) is 10.1. The van der Waals surface area contributed by atoms with Gasteiger partial charge in [0.1, 0.15) is 0 Å². The van der Waals surface area contributed by atoms with Gasteiger partial charge in [0.15, 0.2) is 0 Å². The normalized spacial score (nSPS) is 19.1. The summed E-state index contributed by atoms with van der Waals surface area (Å²) < 4.78 is 0. The fraction of sp³-hybridized carbons (Fsp3) is 0.308. The standard InChI is InChI=1S/C13H13ClN2/c1-7-11(14)4-3-10-12-8(2)15-5-9(12)6-16-13(7)10/h3-4,6,8,15H,5H2,1-2H3/t8-/m0/s1. The molecule has 0 aliphatic carbocycles. The Morgan fingerprint density at radius 3 is 3.06 bits per heavy atom. The first-order chi connectivity index (χ1) is 7.68. The van der Waals surface area contributed by atoms with Crippen LogP contribution in [0.4, 0.5) is 0 Å². The summed E-state index contributed by atoms with van der Waals surface area (Å²) in [6.07, 6.45) is 1.97. The molecule has 1 aromatic heterocycles. The number of benzene rings is 1. The maximum absolute atomic E-state index is 6.12. The molecule has 0 amide bonds. The maximum Gasteiger partial charge on any atom is 0.0749 e. The zero-order valence-corrected chi connectivity index (χ0v) is 10.1. The Labute approximate surface area is 99.6 Å². The summed E-state index contributed by atoms with van der Waals surface area (Å²) in [6, 6.07) is 4.45. The minimum absolute atomic E-state index is 0.404. The number of aromatic nitrogens is 1. The molecular formula is C13H13ClN2. The Hall–Kier alpha value is -1.12. The number of aryl methyl sites for hydroxylation is 1. The van der Waals surface area contributed by atoms with E-state index in [0.29, 0.717) is 6.04 Å². The summed E-state index contributed by atoms with van der Waals surface area (Å²) in [5.74, 6) is 0. The van der Waals surface area contributed by atoms with Crippen LogP contribution in [0.15, 0.2) is 18.3 Å². The van der Waals surface area contributed by atoms with Crippen LogP contribution >= 0.6 is 11.6 Å². The van der Waals surface area contributed by atoms with Gasteiger partial charge >= 0.3 is 0 Å². The molecule has 2 aromatic rings. The van der Waals surface area contributed by atoms with Gasteiger partial charge in [-0.1, -0.05) is 17.7 Å². The van der Waals surface area contributed by atoms with Gasteiger partial charge in [-0.3, -0.25) is 4.98 Å². The minimum atomic E-state index is 0.404. The molecular weight excluding hydrogens is 220 g/mol. The molecule has 2 nitrogen and oxygen atoms in total. The molecule has 0 spiro atoms. The van der Waals surface area contributed by atoms with Crippen LogP contribution in [-0.2, 0) is 6.54 Å². The van der Waals surface area contributed by atoms with Gasteiger partial charge in [-0.25, -0.2) is 0 Å². The number of fused-ring (bicyclic) bond motifs is 3. The SMILES string of the molecule is Cc1c(Cl)ccc2c3c(cnc12)CN[C@H]3C. The van der Waals surface area contributed by atoms with Crippen LogP contribution in [0.3, 0.4) is 0 Å². The highest BCUT2D eigenvalue weighted by Gasteiger charge is 2.21. The Morgan fingerprint density at radius 1 is 1.44 bits per heavy atom. The quantitative estimate of drug-likeness (QED) is 0.754. The summed E-state index contributed by atoms with van der Waals surface area (Å²) in [4.78, 5) is 4.52. The molecule has 1 aromatic carbocycles. The lowest BCUT2D eigenvalue weighted by Crippen LogP contribution is -2.07. The van der Waals surface area contributed by atoms with E-state index in [1.54, 1.807) is 0 Å². The summed E-state index contributed by atoms with van der Waals surface area (Å²) >= 11 is 6.12. The molecule has 0 saturated heterocycles. The summed E-state index contributed by atoms with van der Waals surface area (Å²) in [6.45, 7) is 5.13. The van der Waals surface area contributed by atoms with E-state index < -0.39 is 0 Å². The molecule has 0 bridgehead atoms. The molecule has 0 fully saturated rings. The average Bonchev–Trinajstić information content (AvgIpc) is 2.66. The molecule has 2 heterocycles. The van der Waals surface area contributed by atoms with E-state index in [2.05, 4.69) is 23.3 Å². The number of hydrogen-bond acceptors (Lipinski definition) is 2. The minimum Gasteiger partial charge on any atom is -0.306 e. The van der Waals surface area contributed by atoms with Crippen molar-refractivity contribution in [3.05, 3.63) is 40.0 Å². The maximum atomic E-state index is 6.12. The van der Waals surface area contributed by atoms with E-state index in [0.717, 1.165) is 22.6 Å². The van der Waals surface area contributed by atoms with Gasteiger partial charge in [-0.05, 0) is 36.6 Å². The van der Waals surface area contributed by atoms with E-state index in [1.807, 2.05) is 19.2 Å². The number of halogens is 1. The van der Waals surface area contributed by atoms with Crippen molar-refractivity contribution in [2.75, 3.05) is 0 Å². The number of nitrogens with zero attached hydrogens (tertiary/aromatic N) is 1. The van der Waals surface area contributed by atoms with Crippen molar-refractivity contribution in [3.63, 3.8) is 0 Å². The predicted octanol–water partition coefficient (Wildman–Crippen LogP) is 3.36. The number of hydrogen-bond donors (Lipinski definition) is 1. The van der Waals surface area contributed by atoms with E-state index in [4.69, 9.17) is 11.6 Å². The van der Waals surface area contributed by atoms with Crippen molar-refractivity contribution < 1.29 is 0 Å². The Bertz CT molecular complexity index is 578. The molecule has 82 valence electrons. The topological polar surface area (TPSA) is 24.9 Å². The molecule has 0 radical (unpaired) electrons. The monoisotopic (exact) mass is 232 g/mol. The van der Waals surface area contributed by atoms with Crippen molar-refractivity contribution in [1.82, 2.24) is 10.3 Å². The molecule has 3 rings (SSSR count). The molecule has 16 heavy (non-hydrogen) atoms. The summed E-state index contributed by atoms with van der Waals surface area (Å²) in [5.41, 5.74) is 4.79. The Morgan fingerprint density at radius 2 is 2.25 bits per heavy atom. The van der Waals surface area contributed by atoms with E-state index >= 15 is 0 Å². The highest BCUT2D eigenvalue weighted by atomic mass is 35.5. The van der Waals surface area contributed by atoms with Crippen LogP contribution in [0.5, 0.6) is 0 Å². The molecule has 3 heteroatoms. The molecule has 1 atom stereocenters. The van der Waals surface area contributed by atoms with E-state index in [1.165, 1.54) is 16.5 Å². The van der Waals surface area contributed by atoms with Gasteiger partial charge in [0, 0.05) is 29.2 Å². The van der Waals surface area contributed by atoms with Crippen molar-refractivity contribution >= 4 is 22.5 Å².